The van der Waals surface area contributed by atoms with Gasteiger partial charge in [0.25, 0.3) is 0 Å². The molecule has 2 aliphatic rings. The van der Waals surface area contributed by atoms with Gasteiger partial charge in [0.05, 0.1) is 5.54 Å². The second-order valence-corrected chi connectivity index (χ2v) is 7.19. The average Bonchev–Trinajstić information content (AvgIpc) is 2.51. The number of likely N-dealkylation sites (tertiary alicyclic amines) is 1. The molecule has 4 nitrogen and oxygen atoms in total. The number of piperidine rings is 1. The summed E-state index contributed by atoms with van der Waals surface area (Å²) in [6.45, 7) is 4.38. The second-order valence-electron chi connectivity index (χ2n) is 7.19. The molecular weight excluding hydrogens is 262 g/mol. The largest absolute Gasteiger partial charge is 0.368 e. The second kappa shape index (κ2) is 7.59. The van der Waals surface area contributed by atoms with Gasteiger partial charge in [0.1, 0.15) is 0 Å². The molecule has 3 N–H and O–H groups in total. The molecule has 0 aromatic carbocycles. The van der Waals surface area contributed by atoms with Gasteiger partial charge in [-0.15, -0.1) is 0 Å². The first-order valence-electron chi connectivity index (χ1n) is 8.80. The van der Waals surface area contributed by atoms with Crippen LogP contribution in [0.1, 0.15) is 64.7 Å². The smallest absolute Gasteiger partial charge is 0.237 e. The van der Waals surface area contributed by atoms with Crippen molar-refractivity contribution in [2.45, 2.75) is 76.3 Å². The van der Waals surface area contributed by atoms with Crippen LogP contribution in [0.3, 0.4) is 0 Å². The third kappa shape index (κ3) is 4.19. The van der Waals surface area contributed by atoms with Gasteiger partial charge in [-0.2, -0.15) is 0 Å². The Morgan fingerprint density at radius 3 is 2.67 bits per heavy atom. The van der Waals surface area contributed by atoms with E-state index in [0.717, 1.165) is 24.8 Å². The molecule has 4 heteroatoms. The van der Waals surface area contributed by atoms with E-state index in [0.29, 0.717) is 0 Å². The summed E-state index contributed by atoms with van der Waals surface area (Å²) < 4.78 is 0. The van der Waals surface area contributed by atoms with Crippen molar-refractivity contribution < 1.29 is 4.79 Å². The summed E-state index contributed by atoms with van der Waals surface area (Å²) in [5.74, 6) is 0.719. The van der Waals surface area contributed by atoms with Crippen molar-refractivity contribution in [2.24, 2.45) is 11.7 Å². The maximum absolute atomic E-state index is 11.5. The van der Waals surface area contributed by atoms with E-state index in [1.54, 1.807) is 0 Å². The van der Waals surface area contributed by atoms with Crippen molar-refractivity contribution in [3.63, 3.8) is 0 Å². The van der Waals surface area contributed by atoms with Gasteiger partial charge >= 0.3 is 0 Å². The number of unbranched alkanes of at least 4 members (excludes halogenated alkanes) is 1. The topological polar surface area (TPSA) is 58.4 Å². The molecule has 3 atom stereocenters. The van der Waals surface area contributed by atoms with Gasteiger partial charge in [0, 0.05) is 6.04 Å². The van der Waals surface area contributed by atoms with E-state index in [1.165, 1.54) is 58.0 Å². The van der Waals surface area contributed by atoms with Gasteiger partial charge in [-0.3, -0.25) is 4.79 Å². The highest BCUT2D eigenvalue weighted by Gasteiger charge is 2.33. The Kier molecular flexibility index (Phi) is 6.06. The Hall–Kier alpha value is -0.610. The zero-order valence-corrected chi connectivity index (χ0v) is 13.9. The number of amides is 1. The van der Waals surface area contributed by atoms with Crippen LogP contribution < -0.4 is 11.1 Å². The maximum Gasteiger partial charge on any atom is 0.237 e. The normalized spacial score (nSPS) is 29.6. The number of carbonyl (C=O) groups is 1. The predicted octanol–water partition coefficient (Wildman–Crippen LogP) is 2.27. The number of nitrogens with zero attached hydrogens (tertiary/aromatic N) is 1. The Bertz CT molecular complexity index is 345. The summed E-state index contributed by atoms with van der Waals surface area (Å²) in [5.41, 5.74) is 4.94. The molecule has 1 aliphatic carbocycles. The summed E-state index contributed by atoms with van der Waals surface area (Å²) in [5, 5.41) is 3.07. The lowest BCUT2D eigenvalue weighted by molar-refractivity contribution is -0.123. The zero-order chi connectivity index (χ0) is 15.3. The Balaban J connectivity index is 1.74. The lowest BCUT2D eigenvalue weighted by atomic mass is 9.78. The molecule has 0 bridgehead atoms. The molecule has 1 aliphatic heterocycles. The molecule has 1 saturated carbocycles. The lowest BCUT2D eigenvalue weighted by Gasteiger charge is -2.44. The van der Waals surface area contributed by atoms with E-state index in [9.17, 15) is 4.79 Å². The number of likely N-dealkylation sites (N-methyl/N-ethyl adjacent to an activating group) is 1. The van der Waals surface area contributed by atoms with Crippen molar-refractivity contribution in [1.82, 2.24) is 10.2 Å². The quantitative estimate of drug-likeness (QED) is 0.708. The first kappa shape index (κ1) is 16.8. The monoisotopic (exact) mass is 295 g/mol. The summed E-state index contributed by atoms with van der Waals surface area (Å²) in [4.78, 5) is 14.2. The first-order chi connectivity index (χ1) is 10.1. The molecule has 122 valence electrons. The van der Waals surface area contributed by atoms with Crippen molar-refractivity contribution in [1.29, 1.82) is 0 Å². The highest BCUT2D eigenvalue weighted by Crippen LogP contribution is 2.35. The summed E-state index contributed by atoms with van der Waals surface area (Å²) in [6, 6.07) is 0.847. The van der Waals surface area contributed by atoms with Crippen LogP contribution in [-0.4, -0.2) is 42.5 Å². The summed E-state index contributed by atoms with van der Waals surface area (Å²) >= 11 is 0. The number of rotatable bonds is 7. The number of primary amides is 1. The van der Waals surface area contributed by atoms with Crippen molar-refractivity contribution >= 4 is 5.91 Å². The molecule has 0 radical (unpaired) electrons. The van der Waals surface area contributed by atoms with Crippen LogP contribution in [0.2, 0.25) is 0 Å². The summed E-state index contributed by atoms with van der Waals surface area (Å²) in [6.07, 6.45) is 11.6. The van der Waals surface area contributed by atoms with Crippen LogP contribution in [0, 0.1) is 5.92 Å². The number of hydrogen-bond acceptors (Lipinski definition) is 3. The van der Waals surface area contributed by atoms with Crippen LogP contribution in [0.5, 0.6) is 0 Å². The fraction of sp³-hybridized carbons (Fsp3) is 0.941. The molecule has 21 heavy (non-hydrogen) atoms. The Morgan fingerprint density at radius 2 is 1.95 bits per heavy atom. The van der Waals surface area contributed by atoms with Gasteiger partial charge in [-0.05, 0) is 77.9 Å². The Labute approximate surface area is 129 Å². The van der Waals surface area contributed by atoms with E-state index < -0.39 is 5.54 Å². The lowest BCUT2D eigenvalue weighted by Crippen LogP contribution is -2.51. The van der Waals surface area contributed by atoms with Gasteiger partial charge in [-0.1, -0.05) is 12.8 Å². The van der Waals surface area contributed by atoms with Crippen molar-refractivity contribution in [3.05, 3.63) is 0 Å². The molecule has 2 rings (SSSR count). The molecule has 1 heterocycles. The minimum atomic E-state index is -0.546. The highest BCUT2D eigenvalue weighted by molar-refractivity contribution is 5.84. The minimum Gasteiger partial charge on any atom is -0.368 e. The number of carbonyl (C=O) groups excluding carboxylic acids is 1. The summed E-state index contributed by atoms with van der Waals surface area (Å²) in [7, 11) is 1.82. The van der Waals surface area contributed by atoms with E-state index >= 15 is 0 Å². The highest BCUT2D eigenvalue weighted by atomic mass is 16.1. The standard InChI is InChI=1S/C17H33N3O/c1-17(19-2,16(18)21)11-5-6-12-20-13-7-9-14-8-3-4-10-15(14)20/h14-15,19H,3-13H2,1-2H3,(H2,18,21). The SMILES string of the molecule is CNC(C)(CCCCN1CCCC2CCCCC21)C(N)=O. The molecule has 0 aromatic heterocycles. The third-order valence-corrected chi connectivity index (χ3v) is 5.83. The van der Waals surface area contributed by atoms with Crippen LogP contribution in [0.15, 0.2) is 0 Å². The fourth-order valence-electron chi connectivity index (χ4n) is 4.17. The maximum atomic E-state index is 11.5. The first-order valence-corrected chi connectivity index (χ1v) is 8.80. The van der Waals surface area contributed by atoms with Crippen LogP contribution in [-0.2, 0) is 4.79 Å². The molecule has 1 amide bonds. The molecule has 0 aromatic rings. The van der Waals surface area contributed by atoms with Gasteiger partial charge < -0.3 is 16.0 Å². The number of nitrogens with two attached hydrogens (primary N) is 1. The average molecular weight is 295 g/mol. The van der Waals surface area contributed by atoms with Crippen LogP contribution in [0.4, 0.5) is 0 Å². The van der Waals surface area contributed by atoms with Gasteiger partial charge in [0.2, 0.25) is 5.91 Å². The van der Waals surface area contributed by atoms with E-state index in [4.69, 9.17) is 5.73 Å². The third-order valence-electron chi connectivity index (χ3n) is 5.83. The Morgan fingerprint density at radius 1 is 1.24 bits per heavy atom. The van der Waals surface area contributed by atoms with Crippen molar-refractivity contribution in [2.75, 3.05) is 20.1 Å². The molecule has 2 fully saturated rings. The molecular formula is C17H33N3O. The van der Waals surface area contributed by atoms with E-state index in [1.807, 2.05) is 14.0 Å². The number of fused-ring (bicyclic) bond motifs is 1. The van der Waals surface area contributed by atoms with Gasteiger partial charge in [-0.25, -0.2) is 0 Å². The predicted molar refractivity (Wildman–Crippen MR) is 87.1 cm³/mol. The molecule has 0 spiro atoms. The van der Waals surface area contributed by atoms with Gasteiger partial charge in [0.15, 0.2) is 0 Å². The van der Waals surface area contributed by atoms with E-state index in [-0.39, 0.29) is 5.91 Å². The molecule has 1 saturated heterocycles. The van der Waals surface area contributed by atoms with Crippen LogP contribution in [0.25, 0.3) is 0 Å². The van der Waals surface area contributed by atoms with Crippen molar-refractivity contribution in [3.8, 4) is 0 Å². The van der Waals surface area contributed by atoms with Crippen LogP contribution >= 0.6 is 0 Å². The molecule has 3 unspecified atom stereocenters. The number of nitrogens with one attached hydrogen (secondary N) is 1. The number of hydrogen-bond donors (Lipinski definition) is 2. The fourth-order valence-corrected chi connectivity index (χ4v) is 4.17. The van der Waals surface area contributed by atoms with E-state index in [2.05, 4.69) is 10.2 Å². The minimum absolute atomic E-state index is 0.240. The zero-order valence-electron chi connectivity index (χ0n) is 13.9.